The molecule has 8 nitrogen and oxygen atoms in total. The number of phenols is 1. The fourth-order valence-corrected chi connectivity index (χ4v) is 3.31. The van der Waals surface area contributed by atoms with Crippen LogP contribution in [-0.4, -0.2) is 22.2 Å². The van der Waals surface area contributed by atoms with E-state index in [1.807, 2.05) is 12.1 Å². The van der Waals surface area contributed by atoms with Crippen LogP contribution < -0.4 is 10.2 Å². The van der Waals surface area contributed by atoms with E-state index < -0.39 is 28.3 Å². The van der Waals surface area contributed by atoms with Crippen LogP contribution in [0.4, 0.5) is 18.9 Å². The zero-order valence-electron chi connectivity index (χ0n) is 18.2. The van der Waals surface area contributed by atoms with Gasteiger partial charge in [-0.15, -0.1) is 0 Å². The first-order valence-corrected chi connectivity index (χ1v) is 10.3. The summed E-state index contributed by atoms with van der Waals surface area (Å²) >= 11 is 0. The maximum Gasteiger partial charge on any atom is 0.416 e. The van der Waals surface area contributed by atoms with E-state index in [0.717, 1.165) is 16.8 Å². The number of hydrogen-bond donors (Lipinski definition) is 2. The maximum atomic E-state index is 12.9. The number of hydrogen-bond acceptors (Lipinski definition) is 6. The second-order valence-electron chi connectivity index (χ2n) is 7.52. The monoisotopic (exact) mass is 495 g/mol. The van der Waals surface area contributed by atoms with Crippen molar-refractivity contribution in [2.45, 2.75) is 6.18 Å². The normalized spacial score (nSPS) is 11.5. The molecule has 0 aliphatic rings. The zero-order chi connectivity index (χ0) is 25.9. The molecule has 4 aromatic carbocycles. The van der Waals surface area contributed by atoms with Crippen LogP contribution in [0.15, 0.2) is 84.0 Å². The van der Waals surface area contributed by atoms with Crippen LogP contribution in [0.1, 0.15) is 21.5 Å². The molecule has 4 aromatic rings. The number of rotatable bonds is 6. The minimum atomic E-state index is -4.73. The quantitative estimate of drug-likeness (QED) is 0.193. The largest absolute Gasteiger partial charge is 0.507 e. The third kappa shape index (κ3) is 5.41. The lowest BCUT2D eigenvalue weighted by Crippen LogP contribution is -2.17. The number of carbonyl (C=O) groups excluding carboxylic acids is 1. The Labute approximate surface area is 201 Å². The number of alkyl halides is 3. The molecule has 1 amide bonds. The second kappa shape index (κ2) is 9.74. The van der Waals surface area contributed by atoms with Gasteiger partial charge in [0.05, 0.1) is 22.3 Å². The summed E-state index contributed by atoms with van der Waals surface area (Å²) in [5.74, 6) is -1.03. The summed E-state index contributed by atoms with van der Waals surface area (Å²) in [7, 11) is 0. The van der Waals surface area contributed by atoms with Crippen LogP contribution in [-0.2, 0) is 6.18 Å². The van der Waals surface area contributed by atoms with E-state index in [0.29, 0.717) is 17.7 Å². The molecule has 0 unspecified atom stereocenters. The summed E-state index contributed by atoms with van der Waals surface area (Å²) in [6.07, 6.45) is -3.41. The molecule has 0 saturated heterocycles. The molecule has 0 saturated carbocycles. The minimum Gasteiger partial charge on any atom is -0.507 e. The Hall–Kier alpha value is -4.93. The van der Waals surface area contributed by atoms with Crippen molar-refractivity contribution in [3.8, 4) is 17.2 Å². The van der Waals surface area contributed by atoms with Crippen LogP contribution in [0, 0.1) is 10.1 Å². The molecule has 0 aliphatic heterocycles. The van der Waals surface area contributed by atoms with Gasteiger partial charge in [-0.25, -0.2) is 5.43 Å². The molecule has 182 valence electrons. The molecule has 0 bridgehead atoms. The third-order valence-corrected chi connectivity index (χ3v) is 5.08. The van der Waals surface area contributed by atoms with Crippen LogP contribution >= 0.6 is 0 Å². The molecule has 0 heterocycles. The van der Waals surface area contributed by atoms with E-state index in [9.17, 15) is 33.2 Å². The lowest BCUT2D eigenvalue weighted by molar-refractivity contribution is -0.385. The number of nitro groups is 1. The second-order valence-corrected chi connectivity index (χ2v) is 7.52. The number of fused-ring (bicyclic) bond motifs is 1. The number of aromatic hydroxyl groups is 1. The summed E-state index contributed by atoms with van der Waals surface area (Å²) in [4.78, 5) is 22.6. The molecule has 4 rings (SSSR count). The van der Waals surface area contributed by atoms with Gasteiger partial charge in [0.2, 0.25) is 5.75 Å². The smallest absolute Gasteiger partial charge is 0.416 e. The van der Waals surface area contributed by atoms with Gasteiger partial charge in [0.15, 0.2) is 0 Å². The number of carbonyl (C=O) groups is 1. The minimum absolute atomic E-state index is 0.0488. The predicted octanol–water partition coefficient (Wildman–Crippen LogP) is 6.03. The van der Waals surface area contributed by atoms with Crippen LogP contribution in [0.25, 0.3) is 10.8 Å². The molecule has 36 heavy (non-hydrogen) atoms. The Morgan fingerprint density at radius 2 is 1.67 bits per heavy atom. The SMILES string of the molecule is O=C(NN=Cc1ccc(Oc2ccc(C(F)(F)F)cc2[N+](=O)[O-])cc1)c1cc2ccccc2cc1O. The standard InChI is InChI=1S/C25H16F3N3O5/c26-25(27,28)18-7-10-23(21(13-18)31(34)35)36-19-8-5-15(6-9-19)14-29-30-24(33)20-11-16-3-1-2-4-17(16)12-22(20)32/h1-14,32H,(H,30,33). The first kappa shape index (κ1) is 24.2. The zero-order valence-corrected chi connectivity index (χ0v) is 18.2. The van der Waals surface area contributed by atoms with Gasteiger partial charge in [-0.05, 0) is 64.9 Å². The number of halogens is 3. The van der Waals surface area contributed by atoms with Gasteiger partial charge < -0.3 is 9.84 Å². The Bertz CT molecular complexity index is 1490. The number of benzene rings is 4. The van der Waals surface area contributed by atoms with Crippen LogP contribution in [0.2, 0.25) is 0 Å². The van der Waals surface area contributed by atoms with E-state index in [1.54, 1.807) is 18.2 Å². The Balaban J connectivity index is 1.43. The molecular weight excluding hydrogens is 479 g/mol. The van der Waals surface area contributed by atoms with Gasteiger partial charge >= 0.3 is 11.9 Å². The van der Waals surface area contributed by atoms with Crippen molar-refractivity contribution in [1.29, 1.82) is 0 Å². The van der Waals surface area contributed by atoms with E-state index >= 15 is 0 Å². The highest BCUT2D eigenvalue weighted by molar-refractivity contribution is 6.01. The fraction of sp³-hybridized carbons (Fsp3) is 0.0400. The number of amides is 1. The number of ether oxygens (including phenoxy) is 1. The molecule has 0 aliphatic carbocycles. The number of nitrogens with one attached hydrogen (secondary N) is 1. The van der Waals surface area contributed by atoms with Crippen molar-refractivity contribution >= 4 is 28.6 Å². The van der Waals surface area contributed by atoms with Crippen molar-refractivity contribution in [2.24, 2.45) is 5.10 Å². The first-order valence-electron chi connectivity index (χ1n) is 10.3. The summed E-state index contributed by atoms with van der Waals surface area (Å²) < 4.78 is 43.9. The average Bonchev–Trinajstić information content (AvgIpc) is 2.84. The Morgan fingerprint density at radius 1 is 1.00 bits per heavy atom. The highest BCUT2D eigenvalue weighted by Gasteiger charge is 2.33. The van der Waals surface area contributed by atoms with Crippen molar-refractivity contribution in [2.75, 3.05) is 0 Å². The number of phenolic OH excluding ortho intramolecular Hbond substituents is 1. The van der Waals surface area contributed by atoms with Gasteiger partial charge in [0, 0.05) is 6.07 Å². The summed E-state index contributed by atoms with van der Waals surface area (Å²) in [6.45, 7) is 0. The third-order valence-electron chi connectivity index (χ3n) is 5.08. The van der Waals surface area contributed by atoms with E-state index in [4.69, 9.17) is 4.74 Å². The van der Waals surface area contributed by atoms with Crippen LogP contribution in [0.5, 0.6) is 17.2 Å². The molecule has 0 spiro atoms. The van der Waals surface area contributed by atoms with Gasteiger partial charge in [0.1, 0.15) is 11.5 Å². The van der Waals surface area contributed by atoms with E-state index in [1.165, 1.54) is 36.5 Å². The maximum absolute atomic E-state index is 12.9. The van der Waals surface area contributed by atoms with Gasteiger partial charge in [-0.2, -0.15) is 18.3 Å². The van der Waals surface area contributed by atoms with Crippen molar-refractivity contribution in [3.05, 3.63) is 106 Å². The highest BCUT2D eigenvalue weighted by atomic mass is 19.4. The molecule has 0 atom stereocenters. The van der Waals surface area contributed by atoms with Crippen molar-refractivity contribution < 1.29 is 32.7 Å². The van der Waals surface area contributed by atoms with Crippen molar-refractivity contribution in [3.63, 3.8) is 0 Å². The summed E-state index contributed by atoms with van der Waals surface area (Å²) in [5.41, 5.74) is 0.903. The Morgan fingerprint density at radius 3 is 2.31 bits per heavy atom. The molecule has 0 fully saturated rings. The van der Waals surface area contributed by atoms with Gasteiger partial charge in [0.25, 0.3) is 5.91 Å². The predicted molar refractivity (Wildman–Crippen MR) is 125 cm³/mol. The molecule has 0 radical (unpaired) electrons. The average molecular weight is 495 g/mol. The number of nitrogens with zero attached hydrogens (tertiary/aromatic N) is 2. The number of hydrazone groups is 1. The summed E-state index contributed by atoms with van der Waals surface area (Å²) in [6, 6.07) is 18.1. The topological polar surface area (TPSA) is 114 Å². The molecule has 11 heteroatoms. The summed E-state index contributed by atoms with van der Waals surface area (Å²) in [5, 5.41) is 26.7. The highest BCUT2D eigenvalue weighted by Crippen LogP contribution is 2.37. The molecular formula is C25H16F3N3O5. The van der Waals surface area contributed by atoms with E-state index in [2.05, 4.69) is 10.5 Å². The van der Waals surface area contributed by atoms with Gasteiger partial charge in [-0.3, -0.25) is 14.9 Å². The van der Waals surface area contributed by atoms with Crippen LogP contribution in [0.3, 0.4) is 0 Å². The van der Waals surface area contributed by atoms with Crippen molar-refractivity contribution in [1.82, 2.24) is 5.43 Å². The fourth-order valence-electron chi connectivity index (χ4n) is 3.31. The molecule has 2 N–H and O–H groups in total. The lowest BCUT2D eigenvalue weighted by Gasteiger charge is -2.10. The van der Waals surface area contributed by atoms with E-state index in [-0.39, 0.29) is 22.8 Å². The lowest BCUT2D eigenvalue weighted by atomic mass is 10.1. The molecule has 0 aromatic heterocycles. The number of nitro benzene ring substituents is 1. The first-order chi connectivity index (χ1) is 17.1. The van der Waals surface area contributed by atoms with Gasteiger partial charge in [-0.1, -0.05) is 24.3 Å². The Kier molecular flexibility index (Phi) is 6.55.